The number of unbranched alkanes of at least 4 members (excludes halogenated alkanes) is 1. The molecule has 0 fully saturated rings. The molecule has 2 heteroatoms. The quantitative estimate of drug-likeness (QED) is 0.564. The van der Waals surface area contributed by atoms with Crippen molar-refractivity contribution in [3.05, 3.63) is 34.3 Å². The van der Waals surface area contributed by atoms with Crippen LogP contribution in [0.2, 0.25) is 5.02 Å². The van der Waals surface area contributed by atoms with Crippen LogP contribution in [0, 0.1) is 19.3 Å². The molecule has 0 aliphatic rings. The second-order valence-corrected chi connectivity index (χ2v) is 5.04. The monoisotopic (exact) mass is 263 g/mol. The average molecular weight is 264 g/mol. The molecule has 0 radical (unpaired) electrons. The molecule has 0 heterocycles. The molecule has 0 aliphatic heterocycles. The summed E-state index contributed by atoms with van der Waals surface area (Å²) in [4.78, 5) is 0. The summed E-state index contributed by atoms with van der Waals surface area (Å²) >= 11 is 6.34. The van der Waals surface area contributed by atoms with Crippen molar-refractivity contribution in [1.82, 2.24) is 5.32 Å². The van der Waals surface area contributed by atoms with Gasteiger partial charge in [-0.3, -0.25) is 0 Å². The summed E-state index contributed by atoms with van der Waals surface area (Å²) in [6.45, 7) is 5.23. The lowest BCUT2D eigenvalue weighted by Crippen LogP contribution is -2.22. The Kier molecular flexibility index (Phi) is 6.86. The van der Waals surface area contributed by atoms with E-state index in [-0.39, 0.29) is 0 Å². The van der Waals surface area contributed by atoms with E-state index in [4.69, 9.17) is 18.0 Å². The summed E-state index contributed by atoms with van der Waals surface area (Å²) in [6.07, 6.45) is 9.32. The van der Waals surface area contributed by atoms with Gasteiger partial charge in [0.25, 0.3) is 0 Å². The third-order valence-corrected chi connectivity index (χ3v) is 3.31. The van der Waals surface area contributed by atoms with Crippen molar-refractivity contribution in [3.63, 3.8) is 0 Å². The lowest BCUT2D eigenvalue weighted by Gasteiger charge is -2.20. The Labute approximate surface area is 116 Å². The Morgan fingerprint density at radius 2 is 2.22 bits per heavy atom. The van der Waals surface area contributed by atoms with Crippen molar-refractivity contribution in [2.75, 3.05) is 6.54 Å². The summed E-state index contributed by atoms with van der Waals surface area (Å²) in [6, 6.07) is 6.58. The molecule has 98 valence electrons. The van der Waals surface area contributed by atoms with Crippen molar-refractivity contribution in [1.29, 1.82) is 0 Å². The first-order valence-corrected chi connectivity index (χ1v) is 6.99. The second kappa shape index (κ2) is 8.19. The molecule has 0 bridgehead atoms. The first-order valence-electron chi connectivity index (χ1n) is 6.62. The van der Waals surface area contributed by atoms with Crippen molar-refractivity contribution in [3.8, 4) is 12.3 Å². The van der Waals surface area contributed by atoms with Gasteiger partial charge in [-0.1, -0.05) is 30.7 Å². The predicted molar refractivity (Wildman–Crippen MR) is 79.9 cm³/mol. The Bertz CT molecular complexity index is 406. The maximum atomic E-state index is 6.34. The van der Waals surface area contributed by atoms with Crippen LogP contribution in [0.1, 0.15) is 49.8 Å². The number of hydrogen-bond acceptors (Lipinski definition) is 1. The third kappa shape index (κ3) is 4.72. The molecule has 1 aromatic rings. The van der Waals surface area contributed by atoms with Crippen LogP contribution >= 0.6 is 11.6 Å². The number of halogens is 1. The van der Waals surface area contributed by atoms with E-state index < -0.39 is 0 Å². The van der Waals surface area contributed by atoms with E-state index in [1.54, 1.807) is 0 Å². The van der Waals surface area contributed by atoms with E-state index in [2.05, 4.69) is 37.2 Å². The van der Waals surface area contributed by atoms with Crippen LogP contribution in [0.3, 0.4) is 0 Å². The van der Waals surface area contributed by atoms with Gasteiger partial charge in [-0.05, 0) is 49.9 Å². The fourth-order valence-electron chi connectivity index (χ4n) is 2.01. The topological polar surface area (TPSA) is 12.0 Å². The number of rotatable bonds is 7. The molecule has 1 N–H and O–H groups in total. The Morgan fingerprint density at radius 3 is 2.83 bits per heavy atom. The van der Waals surface area contributed by atoms with Crippen LogP contribution in [0.15, 0.2) is 18.2 Å². The van der Waals surface area contributed by atoms with Crippen molar-refractivity contribution in [2.45, 2.75) is 45.6 Å². The number of aryl methyl sites for hydroxylation is 1. The maximum Gasteiger partial charge on any atom is 0.0456 e. The summed E-state index contributed by atoms with van der Waals surface area (Å²) in [5, 5.41) is 4.40. The number of benzene rings is 1. The van der Waals surface area contributed by atoms with Crippen LogP contribution < -0.4 is 5.32 Å². The summed E-state index contributed by atoms with van der Waals surface area (Å²) in [5.41, 5.74) is 2.38. The minimum absolute atomic E-state index is 0.311. The van der Waals surface area contributed by atoms with Crippen molar-refractivity contribution < 1.29 is 0 Å². The molecule has 1 unspecified atom stereocenters. The molecule has 0 saturated heterocycles. The minimum atomic E-state index is 0.311. The summed E-state index contributed by atoms with van der Waals surface area (Å²) in [5.74, 6) is 2.69. The van der Waals surface area contributed by atoms with E-state index in [9.17, 15) is 0 Å². The van der Waals surface area contributed by atoms with Crippen LogP contribution in [0.5, 0.6) is 0 Å². The van der Waals surface area contributed by atoms with Gasteiger partial charge < -0.3 is 5.32 Å². The number of hydrogen-bond donors (Lipinski definition) is 1. The van der Waals surface area contributed by atoms with Crippen LogP contribution in [0.25, 0.3) is 0 Å². The highest BCUT2D eigenvalue weighted by Gasteiger charge is 2.13. The first-order chi connectivity index (χ1) is 8.69. The fourth-order valence-corrected chi connectivity index (χ4v) is 2.38. The van der Waals surface area contributed by atoms with Crippen LogP contribution in [-0.4, -0.2) is 6.54 Å². The van der Waals surface area contributed by atoms with Crippen molar-refractivity contribution >= 4 is 11.6 Å². The molecular formula is C16H22ClN. The first kappa shape index (κ1) is 15.1. The molecule has 0 aliphatic carbocycles. The molecule has 18 heavy (non-hydrogen) atoms. The molecular weight excluding hydrogens is 242 g/mol. The molecule has 0 amide bonds. The zero-order valence-electron chi connectivity index (χ0n) is 11.3. The molecule has 0 spiro atoms. The standard InChI is InChI=1S/C16H22ClN/c1-4-6-7-8-16(18-11-5-2)14-10-9-13(3)12-15(14)17/h1,9-10,12,16,18H,5-8,11H2,2-3H3. The minimum Gasteiger partial charge on any atom is -0.310 e. The van der Waals surface area contributed by atoms with Crippen LogP contribution in [0.4, 0.5) is 0 Å². The Hall–Kier alpha value is -0.970. The van der Waals surface area contributed by atoms with Gasteiger partial charge in [-0.15, -0.1) is 12.3 Å². The van der Waals surface area contributed by atoms with Gasteiger partial charge >= 0.3 is 0 Å². The summed E-state index contributed by atoms with van der Waals surface area (Å²) in [7, 11) is 0. The predicted octanol–water partition coefficient (Wildman–Crippen LogP) is 4.49. The van der Waals surface area contributed by atoms with Crippen molar-refractivity contribution in [2.24, 2.45) is 0 Å². The number of terminal acetylenes is 1. The fraction of sp³-hybridized carbons (Fsp3) is 0.500. The highest BCUT2D eigenvalue weighted by molar-refractivity contribution is 6.31. The molecule has 1 atom stereocenters. The normalized spacial score (nSPS) is 12.1. The SMILES string of the molecule is C#CCCCC(NCCC)c1ccc(C)cc1Cl. The zero-order chi connectivity index (χ0) is 13.4. The highest BCUT2D eigenvalue weighted by Crippen LogP contribution is 2.27. The van der Waals surface area contributed by atoms with Gasteiger partial charge in [-0.2, -0.15) is 0 Å². The highest BCUT2D eigenvalue weighted by atomic mass is 35.5. The van der Waals surface area contributed by atoms with Gasteiger partial charge in [0.2, 0.25) is 0 Å². The molecule has 0 aromatic heterocycles. The lowest BCUT2D eigenvalue weighted by atomic mass is 9.99. The van der Waals surface area contributed by atoms with Gasteiger partial charge in [0.15, 0.2) is 0 Å². The molecule has 1 nitrogen and oxygen atoms in total. The Morgan fingerprint density at radius 1 is 1.44 bits per heavy atom. The van der Waals surface area contributed by atoms with Gasteiger partial charge in [0.1, 0.15) is 0 Å². The van der Waals surface area contributed by atoms with Gasteiger partial charge in [0, 0.05) is 17.5 Å². The van der Waals surface area contributed by atoms with Gasteiger partial charge in [0.05, 0.1) is 0 Å². The van der Waals surface area contributed by atoms with Crippen LogP contribution in [-0.2, 0) is 0 Å². The Balaban J connectivity index is 2.76. The largest absolute Gasteiger partial charge is 0.310 e. The molecule has 1 rings (SSSR count). The smallest absolute Gasteiger partial charge is 0.0456 e. The molecule has 0 saturated carbocycles. The van der Waals surface area contributed by atoms with E-state index in [1.165, 1.54) is 11.1 Å². The van der Waals surface area contributed by atoms with Gasteiger partial charge in [-0.25, -0.2) is 0 Å². The average Bonchev–Trinajstić information content (AvgIpc) is 2.34. The second-order valence-electron chi connectivity index (χ2n) is 4.63. The molecule has 1 aromatic carbocycles. The summed E-state index contributed by atoms with van der Waals surface area (Å²) < 4.78 is 0. The zero-order valence-corrected chi connectivity index (χ0v) is 12.1. The van der Waals surface area contributed by atoms with E-state index in [1.807, 2.05) is 6.07 Å². The van der Waals surface area contributed by atoms with E-state index in [0.29, 0.717) is 6.04 Å². The third-order valence-electron chi connectivity index (χ3n) is 2.99. The lowest BCUT2D eigenvalue weighted by molar-refractivity contribution is 0.487. The van der Waals surface area contributed by atoms with E-state index in [0.717, 1.165) is 37.3 Å². The van der Waals surface area contributed by atoms with E-state index >= 15 is 0 Å². The maximum absolute atomic E-state index is 6.34. The number of nitrogens with one attached hydrogen (secondary N) is 1.